The second-order valence-corrected chi connectivity index (χ2v) is 17.5. The Morgan fingerprint density at radius 1 is 0.947 bits per heavy atom. The molecule has 13 heteroatoms. The summed E-state index contributed by atoms with van der Waals surface area (Å²) in [5.41, 5.74) is 4.15. The number of hydrogen-bond donors (Lipinski definition) is 2. The molecule has 3 aromatic rings. The van der Waals surface area contributed by atoms with E-state index in [-0.39, 0.29) is 41.7 Å². The van der Waals surface area contributed by atoms with E-state index >= 15 is 0 Å². The molecule has 4 aliphatic heterocycles. The van der Waals surface area contributed by atoms with Gasteiger partial charge in [0.15, 0.2) is 0 Å². The number of nitriles is 1. The molecule has 1 saturated carbocycles. The number of benzene rings is 2. The van der Waals surface area contributed by atoms with Crippen LogP contribution in [0.25, 0.3) is 0 Å². The first-order valence-corrected chi connectivity index (χ1v) is 20.0. The van der Waals surface area contributed by atoms with Crippen molar-refractivity contribution in [1.29, 1.82) is 5.26 Å². The molecular formula is C44H49N7O6. The van der Waals surface area contributed by atoms with E-state index < -0.39 is 29.7 Å². The number of imide groups is 2. The lowest BCUT2D eigenvalue weighted by Gasteiger charge is -2.63. The quantitative estimate of drug-likeness (QED) is 0.290. The molecule has 2 aromatic carbocycles. The zero-order valence-electron chi connectivity index (χ0n) is 33.2. The number of hydrogen-bond acceptors (Lipinski definition) is 10. The Morgan fingerprint density at radius 3 is 2.19 bits per heavy atom. The maximum Gasteiger partial charge on any atom is 0.262 e. The maximum atomic E-state index is 13.5. The molecular weight excluding hydrogens is 723 g/mol. The van der Waals surface area contributed by atoms with Crippen LogP contribution in [0.1, 0.15) is 114 Å². The summed E-state index contributed by atoms with van der Waals surface area (Å²) in [6.07, 6.45) is 4.47. The van der Waals surface area contributed by atoms with Gasteiger partial charge in [-0.1, -0.05) is 34.6 Å². The molecule has 0 spiro atoms. The number of aromatic nitrogens is 1. The van der Waals surface area contributed by atoms with Gasteiger partial charge in [-0.25, -0.2) is 4.98 Å². The number of carbonyl (C=O) groups excluding carboxylic acids is 5. The van der Waals surface area contributed by atoms with Crippen molar-refractivity contribution in [3.05, 3.63) is 87.6 Å². The van der Waals surface area contributed by atoms with Crippen molar-refractivity contribution in [3.8, 4) is 11.8 Å². The van der Waals surface area contributed by atoms with E-state index in [1.807, 2.05) is 49.4 Å². The molecule has 2 N–H and O–H groups in total. The van der Waals surface area contributed by atoms with E-state index in [0.717, 1.165) is 72.1 Å². The topological polar surface area (TPSA) is 165 Å². The van der Waals surface area contributed by atoms with Crippen LogP contribution >= 0.6 is 0 Å². The molecule has 57 heavy (non-hydrogen) atoms. The summed E-state index contributed by atoms with van der Waals surface area (Å²) in [5, 5.41) is 14.9. The van der Waals surface area contributed by atoms with E-state index in [4.69, 9.17) is 9.72 Å². The Bertz CT molecular complexity index is 2160. The highest BCUT2D eigenvalue weighted by Crippen LogP contribution is 2.55. The first-order chi connectivity index (χ1) is 27.2. The van der Waals surface area contributed by atoms with Crippen molar-refractivity contribution in [1.82, 2.24) is 25.4 Å². The minimum atomic E-state index is -0.968. The summed E-state index contributed by atoms with van der Waals surface area (Å²) < 4.78 is 6.51. The van der Waals surface area contributed by atoms with Crippen LogP contribution in [0.5, 0.6) is 5.75 Å². The smallest absolute Gasteiger partial charge is 0.262 e. The molecule has 13 nitrogen and oxygen atoms in total. The lowest BCUT2D eigenvalue weighted by atomic mass is 9.49. The number of nitrogens with zero attached hydrogens (tertiary/aromatic N) is 5. The van der Waals surface area contributed by atoms with Gasteiger partial charge in [0, 0.05) is 62.2 Å². The lowest BCUT2D eigenvalue weighted by molar-refractivity contribution is -0.164. The first kappa shape index (κ1) is 38.3. The van der Waals surface area contributed by atoms with Crippen LogP contribution in [0, 0.1) is 28.1 Å². The number of rotatable bonds is 9. The predicted octanol–water partition coefficient (Wildman–Crippen LogP) is 4.76. The van der Waals surface area contributed by atoms with Gasteiger partial charge in [0.05, 0.1) is 28.3 Å². The van der Waals surface area contributed by atoms with Crippen LogP contribution in [-0.2, 0) is 29.1 Å². The summed E-state index contributed by atoms with van der Waals surface area (Å²) in [6, 6.07) is 14.2. The second kappa shape index (κ2) is 14.4. The number of nitrogens with one attached hydrogen (secondary N) is 2. The number of anilines is 1. The fourth-order valence-electron chi connectivity index (χ4n) is 10.2. The van der Waals surface area contributed by atoms with Crippen LogP contribution in [0.4, 0.5) is 5.82 Å². The van der Waals surface area contributed by atoms with Crippen LogP contribution in [0.3, 0.4) is 0 Å². The molecule has 0 bridgehead atoms. The third kappa shape index (κ3) is 6.73. The van der Waals surface area contributed by atoms with Gasteiger partial charge < -0.3 is 15.0 Å². The van der Waals surface area contributed by atoms with Crippen LogP contribution in [0.2, 0.25) is 0 Å². The molecule has 2 saturated heterocycles. The Hall–Kier alpha value is -5.61. The molecule has 1 aliphatic carbocycles. The van der Waals surface area contributed by atoms with Gasteiger partial charge in [0.1, 0.15) is 23.7 Å². The standard InChI is InChI=1S/C44H49N7O6/c1-6-26-17-31(9-7-27(26)20-45)57-42-43(2,3)41(44(42,4)5)48-37(53)28-8-11-35(46-21-28)50-15-13-25(14-16-50)22-49-23-29-18-32-33(19-30(29)24-49)40(56)51(39(32)55)34-10-12-36(52)47-38(34)54/h7-9,11,17-19,21,25,34,41-42H,6,10,12-16,22-24H2,1-5H3,(H,48,53)(H,47,52,54). The summed E-state index contributed by atoms with van der Waals surface area (Å²) in [5.74, 6) is -0.0529. The number of pyridine rings is 1. The minimum Gasteiger partial charge on any atom is -0.489 e. The van der Waals surface area contributed by atoms with Gasteiger partial charge >= 0.3 is 0 Å². The average Bonchev–Trinajstić information content (AvgIpc) is 3.70. The molecule has 5 amide bonds. The van der Waals surface area contributed by atoms with Gasteiger partial charge in [-0.15, -0.1) is 0 Å². The highest BCUT2D eigenvalue weighted by Gasteiger charge is 2.64. The van der Waals surface area contributed by atoms with Crippen molar-refractivity contribution in [2.24, 2.45) is 16.7 Å². The van der Waals surface area contributed by atoms with E-state index in [0.29, 0.717) is 41.3 Å². The Balaban J connectivity index is 0.822. The van der Waals surface area contributed by atoms with Crippen LogP contribution in [-0.4, -0.2) is 82.1 Å². The van der Waals surface area contributed by atoms with Gasteiger partial charge in [0.2, 0.25) is 11.8 Å². The molecule has 5 aliphatic rings. The molecule has 1 unspecified atom stereocenters. The maximum absolute atomic E-state index is 13.5. The van der Waals surface area contributed by atoms with Gasteiger partial charge in [-0.2, -0.15) is 5.26 Å². The summed E-state index contributed by atoms with van der Waals surface area (Å²) in [4.78, 5) is 74.6. The van der Waals surface area contributed by atoms with E-state index in [1.165, 1.54) is 0 Å². The van der Waals surface area contributed by atoms with Gasteiger partial charge in [-0.05, 0) is 90.8 Å². The van der Waals surface area contributed by atoms with E-state index in [1.54, 1.807) is 6.20 Å². The van der Waals surface area contributed by atoms with Crippen molar-refractivity contribution >= 4 is 35.4 Å². The predicted molar refractivity (Wildman–Crippen MR) is 210 cm³/mol. The number of piperidine rings is 2. The van der Waals surface area contributed by atoms with Gasteiger partial charge in [-0.3, -0.25) is 39.1 Å². The van der Waals surface area contributed by atoms with Gasteiger partial charge in [0.25, 0.3) is 17.7 Å². The van der Waals surface area contributed by atoms with Crippen LogP contribution in [0.15, 0.2) is 48.7 Å². The molecule has 1 aromatic heterocycles. The van der Waals surface area contributed by atoms with Crippen molar-refractivity contribution in [2.45, 2.75) is 98.0 Å². The third-order valence-corrected chi connectivity index (χ3v) is 13.0. The fraction of sp³-hybridized carbons (Fsp3) is 0.477. The lowest BCUT2D eigenvalue weighted by Crippen LogP contribution is -2.74. The Kier molecular flexibility index (Phi) is 9.67. The highest BCUT2D eigenvalue weighted by molar-refractivity contribution is 6.23. The zero-order valence-corrected chi connectivity index (χ0v) is 33.2. The summed E-state index contributed by atoms with van der Waals surface area (Å²) >= 11 is 0. The zero-order chi connectivity index (χ0) is 40.4. The molecule has 8 rings (SSSR count). The number of aryl methyl sites for hydroxylation is 1. The van der Waals surface area contributed by atoms with E-state index in [9.17, 15) is 29.2 Å². The monoisotopic (exact) mass is 771 g/mol. The molecule has 3 fully saturated rings. The first-order valence-electron chi connectivity index (χ1n) is 20.0. The van der Waals surface area contributed by atoms with Crippen molar-refractivity contribution < 1.29 is 28.7 Å². The van der Waals surface area contributed by atoms with Crippen LogP contribution < -0.4 is 20.3 Å². The summed E-state index contributed by atoms with van der Waals surface area (Å²) in [6.45, 7) is 14.5. The number of amides is 5. The minimum absolute atomic E-state index is 0.0927. The molecule has 5 heterocycles. The molecule has 1 atom stereocenters. The number of fused-ring (bicyclic) bond motifs is 2. The number of ether oxygens (including phenoxy) is 1. The normalized spacial score (nSPS) is 24.0. The molecule has 296 valence electrons. The largest absolute Gasteiger partial charge is 0.489 e. The summed E-state index contributed by atoms with van der Waals surface area (Å²) in [7, 11) is 0. The third-order valence-electron chi connectivity index (χ3n) is 13.0. The SMILES string of the molecule is CCc1cc(OC2C(C)(C)C(NC(=O)c3ccc(N4CCC(CN5Cc6cc7c(cc6C5)C(=O)N(C5CCC(=O)NC5=O)C7=O)CC4)nc3)C2(C)C)ccc1C#N. The average molecular weight is 772 g/mol. The molecule has 0 radical (unpaired) electrons. The highest BCUT2D eigenvalue weighted by atomic mass is 16.5. The van der Waals surface area contributed by atoms with E-state index in [2.05, 4.69) is 54.2 Å². The Labute approximate surface area is 332 Å². The fourth-order valence-corrected chi connectivity index (χ4v) is 10.2. The second-order valence-electron chi connectivity index (χ2n) is 17.5. The Morgan fingerprint density at radius 2 is 1.61 bits per heavy atom. The number of carbonyl (C=O) groups is 5. The van der Waals surface area contributed by atoms with Crippen molar-refractivity contribution in [2.75, 3.05) is 24.5 Å². The van der Waals surface area contributed by atoms with Crippen molar-refractivity contribution in [3.63, 3.8) is 0 Å².